The van der Waals surface area contributed by atoms with Crippen molar-refractivity contribution in [3.05, 3.63) is 70.7 Å². The van der Waals surface area contributed by atoms with Crippen LogP contribution in [0.1, 0.15) is 17.2 Å². The lowest BCUT2D eigenvalue weighted by molar-refractivity contribution is 0.0170. The molecule has 0 radical (unpaired) electrons. The zero-order valence-electron chi connectivity index (χ0n) is 15.7. The van der Waals surface area contributed by atoms with Crippen LogP contribution >= 0.6 is 11.6 Å². The molecule has 0 aliphatic carbocycles. The Morgan fingerprint density at radius 2 is 1.89 bits per heavy atom. The summed E-state index contributed by atoms with van der Waals surface area (Å²) in [5.41, 5.74) is 2.43. The molecule has 27 heavy (non-hydrogen) atoms. The summed E-state index contributed by atoms with van der Waals surface area (Å²) in [6, 6.07) is 18.6. The number of morpholine rings is 1. The Kier molecular flexibility index (Phi) is 7.51. The van der Waals surface area contributed by atoms with E-state index in [2.05, 4.69) is 38.7 Å². The number of benzene rings is 2. The van der Waals surface area contributed by atoms with Gasteiger partial charge < -0.3 is 15.4 Å². The summed E-state index contributed by atoms with van der Waals surface area (Å²) in [5.74, 6) is 0.791. The molecule has 0 bridgehead atoms. The van der Waals surface area contributed by atoms with Gasteiger partial charge in [-0.1, -0.05) is 54.1 Å². The molecule has 6 heteroatoms. The molecule has 1 atom stereocenters. The highest BCUT2D eigenvalue weighted by Gasteiger charge is 2.23. The lowest BCUT2D eigenvalue weighted by Crippen LogP contribution is -2.46. The largest absolute Gasteiger partial charge is 0.379 e. The number of aliphatic imine (C=N–C) groups is 1. The number of nitrogens with zero attached hydrogens (tertiary/aromatic N) is 2. The minimum Gasteiger partial charge on any atom is -0.379 e. The maximum absolute atomic E-state index is 6.24. The third kappa shape index (κ3) is 5.96. The van der Waals surface area contributed by atoms with Gasteiger partial charge in [0.1, 0.15) is 0 Å². The first-order chi connectivity index (χ1) is 13.3. The summed E-state index contributed by atoms with van der Waals surface area (Å²) in [4.78, 5) is 6.79. The molecule has 144 valence electrons. The van der Waals surface area contributed by atoms with Crippen LogP contribution in [0, 0.1) is 0 Å². The molecule has 1 aliphatic rings. The summed E-state index contributed by atoms with van der Waals surface area (Å²) in [7, 11) is 1.80. The van der Waals surface area contributed by atoms with Gasteiger partial charge in [0.25, 0.3) is 0 Å². The molecular formula is C21H27ClN4O. The van der Waals surface area contributed by atoms with E-state index in [1.165, 1.54) is 11.1 Å². The van der Waals surface area contributed by atoms with Crippen molar-refractivity contribution in [2.24, 2.45) is 4.99 Å². The van der Waals surface area contributed by atoms with Gasteiger partial charge >= 0.3 is 0 Å². The van der Waals surface area contributed by atoms with Gasteiger partial charge in [0.05, 0.1) is 19.3 Å². The minimum atomic E-state index is 0.211. The Morgan fingerprint density at radius 1 is 1.11 bits per heavy atom. The van der Waals surface area contributed by atoms with Gasteiger partial charge in [0, 0.05) is 38.2 Å². The molecule has 3 rings (SSSR count). The molecule has 1 fully saturated rings. The highest BCUT2D eigenvalue weighted by molar-refractivity contribution is 6.30. The third-order valence-corrected chi connectivity index (χ3v) is 4.94. The Bertz CT molecular complexity index is 732. The highest BCUT2D eigenvalue weighted by atomic mass is 35.5. The number of nitrogens with one attached hydrogen (secondary N) is 2. The van der Waals surface area contributed by atoms with E-state index in [9.17, 15) is 0 Å². The Morgan fingerprint density at radius 3 is 2.59 bits per heavy atom. The van der Waals surface area contributed by atoms with E-state index in [-0.39, 0.29) is 6.04 Å². The van der Waals surface area contributed by atoms with Crippen molar-refractivity contribution in [2.45, 2.75) is 12.6 Å². The van der Waals surface area contributed by atoms with Gasteiger partial charge in [-0.15, -0.1) is 0 Å². The molecule has 1 heterocycles. The quantitative estimate of drug-likeness (QED) is 0.591. The maximum Gasteiger partial charge on any atom is 0.191 e. The zero-order chi connectivity index (χ0) is 18.9. The Hall–Kier alpha value is -2.08. The number of rotatable bonds is 6. The van der Waals surface area contributed by atoms with E-state index in [4.69, 9.17) is 16.3 Å². The molecule has 0 saturated carbocycles. The fourth-order valence-corrected chi connectivity index (χ4v) is 3.46. The maximum atomic E-state index is 6.24. The van der Waals surface area contributed by atoms with Gasteiger partial charge in [0.2, 0.25) is 0 Å². The van der Waals surface area contributed by atoms with Gasteiger partial charge in [-0.2, -0.15) is 0 Å². The number of ether oxygens (including phenoxy) is 1. The lowest BCUT2D eigenvalue weighted by atomic mass is 10.0. The predicted octanol–water partition coefficient (Wildman–Crippen LogP) is 3.08. The Balaban J connectivity index is 1.64. The van der Waals surface area contributed by atoms with Crippen LogP contribution < -0.4 is 10.6 Å². The smallest absolute Gasteiger partial charge is 0.191 e. The fraction of sp³-hybridized carbons (Fsp3) is 0.381. The van der Waals surface area contributed by atoms with Crippen molar-refractivity contribution in [3.8, 4) is 0 Å². The number of hydrogen-bond donors (Lipinski definition) is 2. The van der Waals surface area contributed by atoms with E-state index >= 15 is 0 Å². The first-order valence-corrected chi connectivity index (χ1v) is 9.70. The van der Waals surface area contributed by atoms with Crippen molar-refractivity contribution in [1.82, 2.24) is 15.5 Å². The molecule has 2 N–H and O–H groups in total. The highest BCUT2D eigenvalue weighted by Crippen LogP contribution is 2.23. The monoisotopic (exact) mass is 386 g/mol. The second kappa shape index (κ2) is 10.3. The number of halogens is 1. The molecule has 0 spiro atoms. The molecule has 1 aliphatic heterocycles. The Labute approximate surface area is 166 Å². The van der Waals surface area contributed by atoms with Crippen molar-refractivity contribution in [2.75, 3.05) is 39.9 Å². The van der Waals surface area contributed by atoms with E-state index < -0.39 is 0 Å². The van der Waals surface area contributed by atoms with Crippen LogP contribution in [0.25, 0.3) is 0 Å². The van der Waals surface area contributed by atoms with Crippen LogP contribution in [0.3, 0.4) is 0 Å². The van der Waals surface area contributed by atoms with E-state index in [1.807, 2.05) is 36.4 Å². The van der Waals surface area contributed by atoms with E-state index in [0.717, 1.165) is 50.4 Å². The van der Waals surface area contributed by atoms with Crippen molar-refractivity contribution < 1.29 is 4.74 Å². The van der Waals surface area contributed by atoms with E-state index in [1.54, 1.807) is 7.05 Å². The average molecular weight is 387 g/mol. The summed E-state index contributed by atoms with van der Waals surface area (Å²) >= 11 is 6.24. The summed E-state index contributed by atoms with van der Waals surface area (Å²) < 4.78 is 5.52. The standard InChI is InChI=1S/C21H27ClN4O/c1-23-21(24-15-17-6-3-2-4-7-17)25-16-20(26-10-12-27-13-11-26)18-8-5-9-19(22)14-18/h2-9,14,20H,10-13,15-16H2,1H3,(H2,23,24,25). The van der Waals surface area contributed by atoms with E-state index in [0.29, 0.717) is 0 Å². The second-order valence-corrected chi connectivity index (χ2v) is 6.95. The lowest BCUT2D eigenvalue weighted by Gasteiger charge is -2.35. The SMILES string of the molecule is CN=C(NCc1ccccc1)NCC(c1cccc(Cl)c1)N1CCOCC1. The molecule has 2 aromatic rings. The first kappa shape index (κ1) is 19.7. The molecule has 5 nitrogen and oxygen atoms in total. The molecule has 1 unspecified atom stereocenters. The zero-order valence-corrected chi connectivity index (χ0v) is 16.5. The van der Waals surface area contributed by atoms with Gasteiger partial charge in [-0.05, 0) is 23.3 Å². The van der Waals surface area contributed by atoms with Crippen molar-refractivity contribution >= 4 is 17.6 Å². The van der Waals surface area contributed by atoms with Crippen LogP contribution in [0.4, 0.5) is 0 Å². The van der Waals surface area contributed by atoms with Crippen molar-refractivity contribution in [3.63, 3.8) is 0 Å². The van der Waals surface area contributed by atoms with Gasteiger partial charge in [0.15, 0.2) is 5.96 Å². The fourth-order valence-electron chi connectivity index (χ4n) is 3.26. The number of hydrogen-bond acceptors (Lipinski definition) is 3. The molecule has 1 saturated heterocycles. The summed E-state index contributed by atoms with van der Waals surface area (Å²) in [6.07, 6.45) is 0. The van der Waals surface area contributed by atoms with Gasteiger partial charge in [-0.3, -0.25) is 9.89 Å². The topological polar surface area (TPSA) is 48.9 Å². The van der Waals surface area contributed by atoms with Crippen LogP contribution in [0.15, 0.2) is 59.6 Å². The molecule has 0 aromatic heterocycles. The van der Waals surface area contributed by atoms with Crippen molar-refractivity contribution in [1.29, 1.82) is 0 Å². The first-order valence-electron chi connectivity index (χ1n) is 9.32. The van der Waals surface area contributed by atoms with Gasteiger partial charge in [-0.25, -0.2) is 0 Å². The van der Waals surface area contributed by atoms with Crippen LogP contribution in [-0.2, 0) is 11.3 Å². The minimum absolute atomic E-state index is 0.211. The number of guanidine groups is 1. The molecule has 0 amide bonds. The second-order valence-electron chi connectivity index (χ2n) is 6.51. The average Bonchev–Trinajstić information content (AvgIpc) is 2.72. The van der Waals surface area contributed by atoms with Crippen LogP contribution in [0.2, 0.25) is 5.02 Å². The molecular weight excluding hydrogens is 360 g/mol. The summed E-state index contributed by atoms with van der Waals surface area (Å²) in [5, 5.41) is 7.61. The molecule has 2 aromatic carbocycles. The van der Waals surface area contributed by atoms with Crippen LogP contribution in [0.5, 0.6) is 0 Å². The predicted molar refractivity (Wildman–Crippen MR) is 111 cm³/mol. The van der Waals surface area contributed by atoms with Crippen LogP contribution in [-0.4, -0.2) is 50.8 Å². The third-order valence-electron chi connectivity index (χ3n) is 4.71. The normalized spacial score (nSPS) is 16.7. The summed E-state index contributed by atoms with van der Waals surface area (Å²) in [6.45, 7) is 4.83.